The molecular weight excluding hydrogens is 424 g/mol. The SMILES string of the molecule is CC(C)C(=O)c1cn(CCNS(=O)(=O)N(C)C)c2ncc(-c3ccccc3Cl)cc12. The Hall–Kier alpha value is -2.26. The van der Waals surface area contributed by atoms with E-state index >= 15 is 0 Å². The van der Waals surface area contributed by atoms with Crippen molar-refractivity contribution in [1.29, 1.82) is 0 Å². The second kappa shape index (κ2) is 8.85. The highest BCUT2D eigenvalue weighted by molar-refractivity contribution is 7.87. The van der Waals surface area contributed by atoms with Gasteiger partial charge in [0.15, 0.2) is 5.78 Å². The van der Waals surface area contributed by atoms with Gasteiger partial charge in [0.25, 0.3) is 10.2 Å². The minimum atomic E-state index is -3.52. The monoisotopic (exact) mass is 448 g/mol. The first-order valence-corrected chi connectivity index (χ1v) is 11.4. The molecule has 1 aromatic carbocycles. The third-order valence-electron chi connectivity index (χ3n) is 4.81. The van der Waals surface area contributed by atoms with E-state index in [1.54, 1.807) is 17.0 Å². The smallest absolute Gasteiger partial charge is 0.278 e. The molecule has 0 aliphatic heterocycles. The number of rotatable bonds is 8. The van der Waals surface area contributed by atoms with Gasteiger partial charge in [0.05, 0.1) is 0 Å². The summed E-state index contributed by atoms with van der Waals surface area (Å²) in [5.74, 6) is -0.175. The fourth-order valence-electron chi connectivity index (χ4n) is 3.12. The van der Waals surface area contributed by atoms with Crippen LogP contribution >= 0.6 is 11.6 Å². The van der Waals surface area contributed by atoms with Gasteiger partial charge in [-0.05, 0) is 12.1 Å². The largest absolute Gasteiger partial charge is 0.330 e. The quantitative estimate of drug-likeness (QED) is 0.533. The van der Waals surface area contributed by atoms with E-state index in [9.17, 15) is 13.2 Å². The highest BCUT2D eigenvalue weighted by Crippen LogP contribution is 2.31. The Bertz CT molecular complexity index is 1190. The lowest BCUT2D eigenvalue weighted by Gasteiger charge is -2.12. The van der Waals surface area contributed by atoms with Crippen LogP contribution in [-0.2, 0) is 16.8 Å². The molecule has 9 heteroatoms. The van der Waals surface area contributed by atoms with Crippen molar-refractivity contribution >= 4 is 38.6 Å². The summed E-state index contributed by atoms with van der Waals surface area (Å²) in [6.07, 6.45) is 3.47. The van der Waals surface area contributed by atoms with Crippen molar-refractivity contribution in [3.63, 3.8) is 0 Å². The summed E-state index contributed by atoms with van der Waals surface area (Å²) in [5, 5.41) is 1.33. The van der Waals surface area contributed by atoms with Crippen molar-refractivity contribution in [2.24, 2.45) is 5.92 Å². The maximum absolute atomic E-state index is 12.8. The van der Waals surface area contributed by atoms with Gasteiger partial charge in [-0.2, -0.15) is 12.7 Å². The van der Waals surface area contributed by atoms with E-state index in [0.29, 0.717) is 22.8 Å². The number of halogens is 1. The van der Waals surface area contributed by atoms with Gasteiger partial charge in [0.2, 0.25) is 0 Å². The van der Waals surface area contributed by atoms with Crippen molar-refractivity contribution in [2.75, 3.05) is 20.6 Å². The van der Waals surface area contributed by atoms with Gasteiger partial charge in [0.1, 0.15) is 5.65 Å². The Balaban J connectivity index is 2.02. The molecule has 0 unspecified atom stereocenters. The number of pyridine rings is 1. The molecule has 30 heavy (non-hydrogen) atoms. The summed E-state index contributed by atoms with van der Waals surface area (Å²) in [5.41, 5.74) is 2.84. The van der Waals surface area contributed by atoms with Gasteiger partial charge in [-0.25, -0.2) is 9.71 Å². The Morgan fingerprint density at radius 3 is 2.60 bits per heavy atom. The lowest BCUT2D eigenvalue weighted by Crippen LogP contribution is -2.37. The predicted molar refractivity (Wildman–Crippen MR) is 120 cm³/mol. The average molecular weight is 449 g/mol. The molecule has 1 N–H and O–H groups in total. The molecule has 0 saturated carbocycles. The van der Waals surface area contributed by atoms with Gasteiger partial charge in [-0.3, -0.25) is 4.79 Å². The van der Waals surface area contributed by atoms with Crippen LogP contribution in [0.2, 0.25) is 5.02 Å². The minimum absolute atomic E-state index is 0.00531. The van der Waals surface area contributed by atoms with E-state index in [1.165, 1.54) is 14.1 Å². The number of carbonyl (C=O) groups excluding carboxylic acids is 1. The van der Waals surface area contributed by atoms with Gasteiger partial charge in [-0.15, -0.1) is 0 Å². The Morgan fingerprint density at radius 2 is 1.97 bits per heavy atom. The molecule has 160 valence electrons. The number of hydrogen-bond donors (Lipinski definition) is 1. The number of aromatic nitrogens is 2. The third-order valence-corrected chi connectivity index (χ3v) is 6.67. The fourth-order valence-corrected chi connectivity index (χ4v) is 3.97. The topological polar surface area (TPSA) is 84.3 Å². The van der Waals surface area contributed by atoms with E-state index < -0.39 is 10.2 Å². The number of hydrogen-bond acceptors (Lipinski definition) is 4. The summed E-state index contributed by atoms with van der Waals surface area (Å²) in [6, 6.07) is 9.38. The Kier molecular flexibility index (Phi) is 6.62. The summed E-state index contributed by atoms with van der Waals surface area (Å²) >= 11 is 6.34. The van der Waals surface area contributed by atoms with Crippen molar-refractivity contribution < 1.29 is 13.2 Å². The number of ketones is 1. The Morgan fingerprint density at radius 1 is 1.27 bits per heavy atom. The molecule has 0 bridgehead atoms. The summed E-state index contributed by atoms with van der Waals surface area (Å²) in [7, 11) is -0.598. The normalized spacial score (nSPS) is 12.2. The molecule has 0 fully saturated rings. The van der Waals surface area contributed by atoms with Crippen LogP contribution in [-0.4, -0.2) is 48.7 Å². The second-order valence-electron chi connectivity index (χ2n) is 7.51. The number of benzene rings is 1. The van der Waals surface area contributed by atoms with Crippen molar-refractivity contribution in [2.45, 2.75) is 20.4 Å². The molecule has 2 heterocycles. The van der Waals surface area contributed by atoms with Crippen LogP contribution in [0.3, 0.4) is 0 Å². The van der Waals surface area contributed by atoms with Gasteiger partial charge in [-0.1, -0.05) is 43.6 Å². The van der Waals surface area contributed by atoms with E-state index in [2.05, 4.69) is 9.71 Å². The van der Waals surface area contributed by atoms with Crippen LogP contribution in [0.25, 0.3) is 22.2 Å². The van der Waals surface area contributed by atoms with Crippen LogP contribution in [0.5, 0.6) is 0 Å². The standard InChI is InChI=1S/C21H25ClN4O3S/c1-14(2)20(27)18-13-26(10-9-24-30(28,29)25(3)4)21-17(18)11-15(12-23-21)16-7-5-6-8-19(16)22/h5-8,11-14,24H,9-10H2,1-4H3. The highest BCUT2D eigenvalue weighted by Gasteiger charge is 2.20. The highest BCUT2D eigenvalue weighted by atomic mass is 35.5. The van der Waals surface area contributed by atoms with Crippen LogP contribution in [0.15, 0.2) is 42.7 Å². The number of carbonyl (C=O) groups is 1. The lowest BCUT2D eigenvalue weighted by molar-refractivity contribution is 0.0941. The van der Waals surface area contributed by atoms with Crippen LogP contribution in [0, 0.1) is 5.92 Å². The molecule has 3 aromatic rings. The fraction of sp³-hybridized carbons (Fsp3) is 0.333. The maximum Gasteiger partial charge on any atom is 0.278 e. The summed E-state index contributed by atoms with van der Waals surface area (Å²) in [6.45, 7) is 4.21. The Labute approximate surface area is 181 Å². The van der Waals surface area contributed by atoms with E-state index in [0.717, 1.165) is 20.8 Å². The molecule has 0 saturated heterocycles. The van der Waals surface area contributed by atoms with Crippen LogP contribution in [0.1, 0.15) is 24.2 Å². The zero-order valence-electron chi connectivity index (χ0n) is 17.4. The third kappa shape index (κ3) is 4.57. The van der Waals surface area contributed by atoms with Crippen molar-refractivity contribution in [3.8, 4) is 11.1 Å². The number of Topliss-reactive ketones (excluding diaryl/α,β-unsaturated/α-hetero) is 1. The molecule has 2 aromatic heterocycles. The van der Waals surface area contributed by atoms with Gasteiger partial charge in [0, 0.05) is 72.6 Å². The van der Waals surface area contributed by atoms with Crippen LogP contribution < -0.4 is 4.72 Å². The van der Waals surface area contributed by atoms with Gasteiger partial charge < -0.3 is 4.57 Å². The van der Waals surface area contributed by atoms with Crippen molar-refractivity contribution in [1.82, 2.24) is 18.6 Å². The number of nitrogens with zero attached hydrogens (tertiary/aromatic N) is 3. The molecule has 0 aliphatic carbocycles. The summed E-state index contributed by atoms with van der Waals surface area (Å²) in [4.78, 5) is 17.4. The first-order valence-electron chi connectivity index (χ1n) is 9.57. The number of nitrogens with one attached hydrogen (secondary N) is 1. The second-order valence-corrected chi connectivity index (χ2v) is 9.89. The first-order chi connectivity index (χ1) is 14.1. The average Bonchev–Trinajstić information content (AvgIpc) is 3.05. The molecule has 0 amide bonds. The molecule has 0 atom stereocenters. The van der Waals surface area contributed by atoms with E-state index in [4.69, 9.17) is 11.6 Å². The lowest BCUT2D eigenvalue weighted by atomic mass is 9.99. The summed E-state index contributed by atoms with van der Waals surface area (Å²) < 4.78 is 29.3. The van der Waals surface area contributed by atoms with Gasteiger partial charge >= 0.3 is 0 Å². The zero-order valence-corrected chi connectivity index (χ0v) is 19.0. The zero-order chi connectivity index (χ0) is 22.1. The predicted octanol–water partition coefficient (Wildman–Crippen LogP) is 3.59. The van der Waals surface area contributed by atoms with E-state index in [-0.39, 0.29) is 18.2 Å². The maximum atomic E-state index is 12.8. The molecule has 0 radical (unpaired) electrons. The molecule has 0 aliphatic rings. The van der Waals surface area contributed by atoms with Crippen molar-refractivity contribution in [3.05, 3.63) is 53.3 Å². The molecule has 7 nitrogen and oxygen atoms in total. The molecule has 0 spiro atoms. The molecule has 3 rings (SSSR count). The molecular formula is C21H25ClN4O3S. The number of fused-ring (bicyclic) bond motifs is 1. The van der Waals surface area contributed by atoms with Crippen LogP contribution in [0.4, 0.5) is 0 Å². The first kappa shape index (κ1) is 22.4. The van der Waals surface area contributed by atoms with E-state index in [1.807, 2.05) is 44.2 Å². The minimum Gasteiger partial charge on any atom is -0.330 e.